The molecule has 0 fully saturated rings. The van der Waals surface area contributed by atoms with Crippen molar-refractivity contribution in [2.45, 2.75) is 19.3 Å². The molecule has 0 heterocycles. The van der Waals surface area contributed by atoms with Gasteiger partial charge in [0.2, 0.25) is 0 Å². The first-order chi connectivity index (χ1) is 8.70. The Labute approximate surface area is 113 Å². The van der Waals surface area contributed by atoms with Crippen molar-refractivity contribution >= 4 is 11.6 Å². The van der Waals surface area contributed by atoms with Crippen LogP contribution in [0.25, 0.3) is 0 Å². The summed E-state index contributed by atoms with van der Waals surface area (Å²) in [6.07, 6.45) is 0.807. The van der Waals surface area contributed by atoms with Crippen LogP contribution in [0.1, 0.15) is 22.6 Å². The van der Waals surface area contributed by atoms with Crippen LogP contribution in [0.4, 0.5) is 0 Å². The summed E-state index contributed by atoms with van der Waals surface area (Å²) < 4.78 is 0. The van der Waals surface area contributed by atoms with Crippen molar-refractivity contribution in [3.63, 3.8) is 0 Å². The zero-order valence-corrected chi connectivity index (χ0v) is 11.2. The molecule has 1 nitrogen and oxygen atoms in total. The minimum atomic E-state index is 0.129. The molecule has 2 rings (SSSR count). The van der Waals surface area contributed by atoms with Crippen LogP contribution >= 0.6 is 11.6 Å². The number of hydrogen-bond acceptors (Lipinski definition) is 1. The van der Waals surface area contributed by atoms with E-state index in [0.29, 0.717) is 0 Å². The third-order valence-corrected chi connectivity index (χ3v) is 3.45. The molecule has 2 aromatic carbocycles. The minimum Gasteiger partial charge on any atom is -0.396 e. The van der Waals surface area contributed by atoms with Gasteiger partial charge in [-0.3, -0.25) is 0 Å². The van der Waals surface area contributed by atoms with E-state index in [0.717, 1.165) is 17.0 Å². The van der Waals surface area contributed by atoms with Crippen LogP contribution in [0, 0.1) is 6.92 Å². The van der Waals surface area contributed by atoms with Crippen LogP contribution in [0.15, 0.2) is 48.5 Å². The van der Waals surface area contributed by atoms with Crippen LogP contribution in [0.2, 0.25) is 5.02 Å². The van der Waals surface area contributed by atoms with Crippen LogP contribution in [-0.2, 0) is 6.42 Å². The molecular formula is C16H17ClO. The minimum absolute atomic E-state index is 0.129. The predicted octanol–water partition coefficient (Wildman–Crippen LogP) is 3.97. The van der Waals surface area contributed by atoms with Crippen molar-refractivity contribution in [1.82, 2.24) is 0 Å². The van der Waals surface area contributed by atoms with E-state index in [-0.39, 0.29) is 12.5 Å². The molecule has 2 heteroatoms. The summed E-state index contributed by atoms with van der Waals surface area (Å²) in [5, 5.41) is 10.3. The van der Waals surface area contributed by atoms with E-state index in [2.05, 4.69) is 19.1 Å². The van der Waals surface area contributed by atoms with Gasteiger partial charge in [-0.1, -0.05) is 48.0 Å². The predicted molar refractivity (Wildman–Crippen MR) is 76.2 cm³/mol. The third kappa shape index (κ3) is 3.12. The highest BCUT2D eigenvalue weighted by Crippen LogP contribution is 2.24. The molecule has 0 saturated heterocycles. The van der Waals surface area contributed by atoms with E-state index >= 15 is 0 Å². The molecule has 0 saturated carbocycles. The molecule has 0 bridgehead atoms. The van der Waals surface area contributed by atoms with E-state index in [1.807, 2.05) is 36.4 Å². The summed E-state index contributed by atoms with van der Waals surface area (Å²) in [7, 11) is 0. The number of benzene rings is 2. The molecule has 0 radical (unpaired) electrons. The van der Waals surface area contributed by atoms with Crippen molar-refractivity contribution in [3.05, 3.63) is 70.2 Å². The lowest BCUT2D eigenvalue weighted by molar-refractivity contribution is 0.264. The van der Waals surface area contributed by atoms with Crippen LogP contribution in [0.5, 0.6) is 0 Å². The second-order valence-corrected chi connectivity index (χ2v) is 5.01. The monoisotopic (exact) mass is 260 g/mol. The molecule has 0 aliphatic rings. The first-order valence-electron chi connectivity index (χ1n) is 6.11. The Morgan fingerprint density at radius 3 is 2.56 bits per heavy atom. The fourth-order valence-electron chi connectivity index (χ4n) is 2.27. The molecule has 0 amide bonds. The van der Waals surface area contributed by atoms with E-state index in [9.17, 15) is 5.11 Å². The van der Waals surface area contributed by atoms with Crippen LogP contribution in [-0.4, -0.2) is 11.7 Å². The van der Waals surface area contributed by atoms with E-state index in [4.69, 9.17) is 11.6 Å². The first kappa shape index (κ1) is 13.1. The first-order valence-corrected chi connectivity index (χ1v) is 6.49. The fourth-order valence-corrected chi connectivity index (χ4v) is 2.48. The SMILES string of the molecule is Cc1ccccc1C(CO)Cc1cccc(Cl)c1. The number of rotatable bonds is 4. The van der Waals surface area contributed by atoms with Gasteiger partial charge in [0, 0.05) is 10.9 Å². The molecule has 1 unspecified atom stereocenters. The standard InChI is InChI=1S/C16H17ClO/c1-12-5-2-3-8-16(12)14(11-18)9-13-6-4-7-15(17)10-13/h2-8,10,14,18H,9,11H2,1H3. The van der Waals surface area contributed by atoms with Gasteiger partial charge in [-0.2, -0.15) is 0 Å². The van der Waals surface area contributed by atoms with E-state index < -0.39 is 0 Å². The maximum atomic E-state index is 9.60. The Morgan fingerprint density at radius 1 is 1.11 bits per heavy atom. The van der Waals surface area contributed by atoms with Crippen molar-refractivity contribution in [3.8, 4) is 0 Å². The van der Waals surface area contributed by atoms with Gasteiger partial charge in [0.25, 0.3) is 0 Å². The average molecular weight is 261 g/mol. The average Bonchev–Trinajstić information content (AvgIpc) is 2.37. The molecule has 1 atom stereocenters. The number of aliphatic hydroxyl groups excluding tert-OH is 1. The lowest BCUT2D eigenvalue weighted by Crippen LogP contribution is -2.09. The number of aliphatic hydroxyl groups is 1. The maximum Gasteiger partial charge on any atom is 0.0503 e. The molecule has 0 aliphatic carbocycles. The molecule has 0 aliphatic heterocycles. The quantitative estimate of drug-likeness (QED) is 0.882. The molecule has 18 heavy (non-hydrogen) atoms. The summed E-state index contributed by atoms with van der Waals surface area (Å²) in [5.41, 5.74) is 3.59. The zero-order chi connectivity index (χ0) is 13.0. The van der Waals surface area contributed by atoms with Crippen molar-refractivity contribution in [1.29, 1.82) is 0 Å². The van der Waals surface area contributed by atoms with Gasteiger partial charge in [0.1, 0.15) is 0 Å². The van der Waals surface area contributed by atoms with Crippen molar-refractivity contribution < 1.29 is 5.11 Å². The van der Waals surface area contributed by atoms with Gasteiger partial charge in [0.05, 0.1) is 6.61 Å². The Balaban J connectivity index is 2.23. The summed E-state index contributed by atoms with van der Waals surface area (Å²) in [5.74, 6) is 0.129. The number of hydrogen-bond donors (Lipinski definition) is 1. The number of halogens is 1. The third-order valence-electron chi connectivity index (χ3n) is 3.22. The molecule has 1 N–H and O–H groups in total. The van der Waals surface area contributed by atoms with Gasteiger partial charge in [-0.15, -0.1) is 0 Å². The second-order valence-electron chi connectivity index (χ2n) is 4.57. The molecule has 2 aromatic rings. The van der Waals surface area contributed by atoms with Gasteiger partial charge in [-0.05, 0) is 42.2 Å². The maximum absolute atomic E-state index is 9.60. The highest BCUT2D eigenvalue weighted by molar-refractivity contribution is 6.30. The lowest BCUT2D eigenvalue weighted by Gasteiger charge is -2.17. The topological polar surface area (TPSA) is 20.2 Å². The highest BCUT2D eigenvalue weighted by Gasteiger charge is 2.13. The van der Waals surface area contributed by atoms with Gasteiger partial charge in [-0.25, -0.2) is 0 Å². The van der Waals surface area contributed by atoms with Crippen LogP contribution < -0.4 is 0 Å². The Bertz CT molecular complexity index is 522. The van der Waals surface area contributed by atoms with Gasteiger partial charge >= 0.3 is 0 Å². The summed E-state index contributed by atoms with van der Waals surface area (Å²) in [6.45, 7) is 2.23. The van der Waals surface area contributed by atoms with Gasteiger partial charge < -0.3 is 5.11 Å². The molecule has 0 aromatic heterocycles. The largest absolute Gasteiger partial charge is 0.396 e. The summed E-state index contributed by atoms with van der Waals surface area (Å²) in [4.78, 5) is 0. The fraction of sp³-hybridized carbons (Fsp3) is 0.250. The lowest BCUT2D eigenvalue weighted by atomic mass is 9.90. The molecule has 0 spiro atoms. The Morgan fingerprint density at radius 2 is 1.89 bits per heavy atom. The smallest absolute Gasteiger partial charge is 0.0503 e. The van der Waals surface area contributed by atoms with Crippen molar-refractivity contribution in [2.75, 3.05) is 6.61 Å². The normalized spacial score (nSPS) is 12.4. The zero-order valence-electron chi connectivity index (χ0n) is 10.4. The summed E-state index contributed by atoms with van der Waals surface area (Å²) in [6, 6.07) is 16.0. The molecule has 94 valence electrons. The van der Waals surface area contributed by atoms with E-state index in [1.165, 1.54) is 11.1 Å². The summed E-state index contributed by atoms with van der Waals surface area (Å²) >= 11 is 5.99. The van der Waals surface area contributed by atoms with Crippen LogP contribution in [0.3, 0.4) is 0 Å². The Kier molecular flexibility index (Phi) is 4.40. The Hall–Kier alpha value is -1.31. The van der Waals surface area contributed by atoms with Crippen molar-refractivity contribution in [2.24, 2.45) is 0 Å². The second kappa shape index (κ2) is 6.03. The molecular weight excluding hydrogens is 244 g/mol. The highest BCUT2D eigenvalue weighted by atomic mass is 35.5. The van der Waals surface area contributed by atoms with Gasteiger partial charge in [0.15, 0.2) is 0 Å². The number of aryl methyl sites for hydroxylation is 1. The van der Waals surface area contributed by atoms with E-state index in [1.54, 1.807) is 0 Å².